The highest BCUT2D eigenvalue weighted by molar-refractivity contribution is 5.70. The van der Waals surface area contributed by atoms with Crippen molar-refractivity contribution in [3.05, 3.63) is 54.1 Å². The highest BCUT2D eigenvalue weighted by Crippen LogP contribution is 2.23. The number of aryl methyl sites for hydroxylation is 1. The van der Waals surface area contributed by atoms with Gasteiger partial charge in [0.25, 0.3) is 0 Å². The fourth-order valence-electron chi connectivity index (χ4n) is 3.58. The third kappa shape index (κ3) is 10.7. The van der Waals surface area contributed by atoms with Crippen LogP contribution in [-0.2, 0) is 30.2 Å². The van der Waals surface area contributed by atoms with E-state index in [1.165, 1.54) is 29.5 Å². The number of rotatable bonds is 18. The summed E-state index contributed by atoms with van der Waals surface area (Å²) in [5.41, 5.74) is 3.77. The molecule has 0 spiro atoms. The first kappa shape index (κ1) is 26.2. The topological polar surface area (TPSA) is 66.5 Å². The zero-order chi connectivity index (χ0) is 23.8. The van der Waals surface area contributed by atoms with Gasteiger partial charge in [-0.1, -0.05) is 55.7 Å². The highest BCUT2D eigenvalue weighted by atomic mass is 16.8. The van der Waals surface area contributed by atoms with Crippen LogP contribution in [0.2, 0.25) is 0 Å². The summed E-state index contributed by atoms with van der Waals surface area (Å²) < 4.78 is 26.4. The van der Waals surface area contributed by atoms with Gasteiger partial charge in [-0.25, -0.2) is 4.79 Å². The number of epoxide rings is 1. The van der Waals surface area contributed by atoms with Gasteiger partial charge in [-0.15, -0.1) is 0 Å². The van der Waals surface area contributed by atoms with Gasteiger partial charge in [0.1, 0.15) is 19.0 Å². The zero-order valence-corrected chi connectivity index (χ0v) is 20.3. The van der Waals surface area contributed by atoms with E-state index >= 15 is 0 Å². The van der Waals surface area contributed by atoms with E-state index in [2.05, 4.69) is 36.4 Å². The standard InChI is InChI=1S/C28H38O6/c1-2-30-21-27(29)32-18-7-5-3-4-6-9-23-10-12-24(13-11-23)25-14-16-26(17-15-25)31-19-8-20-33-28-22-34-28/h10-17,28H,2-9,18-22H2,1H3. The molecule has 34 heavy (non-hydrogen) atoms. The van der Waals surface area contributed by atoms with E-state index in [4.69, 9.17) is 23.7 Å². The summed E-state index contributed by atoms with van der Waals surface area (Å²) in [6, 6.07) is 17.1. The summed E-state index contributed by atoms with van der Waals surface area (Å²) in [5, 5.41) is 0. The lowest BCUT2D eigenvalue weighted by Crippen LogP contribution is -2.13. The SMILES string of the molecule is CCOCC(=O)OCCCCCCCc1ccc(-c2ccc(OCCCOC3CO3)cc2)cc1. The third-order valence-corrected chi connectivity index (χ3v) is 5.60. The molecule has 0 saturated carbocycles. The molecular weight excluding hydrogens is 432 g/mol. The first-order valence-electron chi connectivity index (χ1n) is 12.5. The Morgan fingerprint density at radius 3 is 2.24 bits per heavy atom. The average molecular weight is 471 g/mol. The van der Waals surface area contributed by atoms with Crippen molar-refractivity contribution in [2.75, 3.05) is 39.6 Å². The number of unbranched alkanes of at least 4 members (excludes halogenated alkanes) is 4. The van der Waals surface area contributed by atoms with Gasteiger partial charge in [0.05, 0.1) is 19.8 Å². The first-order chi connectivity index (χ1) is 16.7. The molecule has 0 N–H and O–H groups in total. The molecule has 0 bridgehead atoms. The van der Waals surface area contributed by atoms with Gasteiger partial charge in [0, 0.05) is 13.0 Å². The first-order valence-corrected chi connectivity index (χ1v) is 12.5. The number of ether oxygens (including phenoxy) is 5. The lowest BCUT2D eigenvalue weighted by molar-refractivity contribution is -0.148. The summed E-state index contributed by atoms with van der Waals surface area (Å²) >= 11 is 0. The molecule has 0 amide bonds. The van der Waals surface area contributed by atoms with Crippen LogP contribution in [0.1, 0.15) is 51.0 Å². The molecule has 2 aromatic carbocycles. The number of hydrogen-bond acceptors (Lipinski definition) is 6. The molecule has 0 aliphatic carbocycles. The van der Waals surface area contributed by atoms with Crippen molar-refractivity contribution >= 4 is 5.97 Å². The van der Waals surface area contributed by atoms with Crippen molar-refractivity contribution in [2.24, 2.45) is 0 Å². The quantitative estimate of drug-likeness (QED) is 0.161. The van der Waals surface area contributed by atoms with Crippen molar-refractivity contribution in [1.29, 1.82) is 0 Å². The van der Waals surface area contributed by atoms with Crippen LogP contribution in [0.15, 0.2) is 48.5 Å². The Labute approximate surface area is 203 Å². The minimum Gasteiger partial charge on any atom is -0.494 e. The number of esters is 1. The Morgan fingerprint density at radius 1 is 0.853 bits per heavy atom. The minimum atomic E-state index is -0.268. The molecule has 1 aliphatic rings. The van der Waals surface area contributed by atoms with Crippen molar-refractivity contribution in [1.82, 2.24) is 0 Å². The molecule has 1 saturated heterocycles. The van der Waals surface area contributed by atoms with Crippen LogP contribution in [-0.4, -0.2) is 51.9 Å². The fourth-order valence-corrected chi connectivity index (χ4v) is 3.58. The summed E-state index contributed by atoms with van der Waals surface area (Å²) in [7, 11) is 0. The van der Waals surface area contributed by atoms with E-state index < -0.39 is 0 Å². The lowest BCUT2D eigenvalue weighted by atomic mass is 10.0. The molecule has 1 fully saturated rings. The van der Waals surface area contributed by atoms with E-state index in [0.717, 1.165) is 44.5 Å². The Kier molecular flexibility index (Phi) is 11.9. The van der Waals surface area contributed by atoms with Gasteiger partial charge in [0.2, 0.25) is 0 Å². The van der Waals surface area contributed by atoms with Crippen LogP contribution >= 0.6 is 0 Å². The van der Waals surface area contributed by atoms with E-state index in [1.54, 1.807) is 0 Å². The van der Waals surface area contributed by atoms with Crippen molar-refractivity contribution < 1.29 is 28.5 Å². The molecule has 0 radical (unpaired) electrons. The largest absolute Gasteiger partial charge is 0.494 e. The second-order valence-electron chi connectivity index (χ2n) is 8.43. The zero-order valence-electron chi connectivity index (χ0n) is 20.3. The monoisotopic (exact) mass is 470 g/mol. The molecule has 3 rings (SSSR count). The molecule has 0 aromatic heterocycles. The fraction of sp³-hybridized carbons (Fsp3) is 0.536. The van der Waals surface area contributed by atoms with Gasteiger partial charge in [-0.2, -0.15) is 0 Å². The maximum Gasteiger partial charge on any atom is 0.332 e. The predicted octanol–water partition coefficient (Wildman–Crippen LogP) is 5.57. The van der Waals surface area contributed by atoms with Crippen LogP contribution in [0.5, 0.6) is 5.75 Å². The second-order valence-corrected chi connectivity index (χ2v) is 8.43. The smallest absolute Gasteiger partial charge is 0.332 e. The second kappa shape index (κ2) is 15.5. The Morgan fingerprint density at radius 2 is 1.53 bits per heavy atom. The number of hydrogen-bond donors (Lipinski definition) is 0. The Hall–Kier alpha value is -2.41. The highest BCUT2D eigenvalue weighted by Gasteiger charge is 2.22. The van der Waals surface area contributed by atoms with Crippen LogP contribution in [0.25, 0.3) is 11.1 Å². The van der Waals surface area contributed by atoms with Gasteiger partial charge < -0.3 is 23.7 Å². The molecule has 1 heterocycles. The molecule has 186 valence electrons. The normalized spacial score (nSPS) is 14.7. The summed E-state index contributed by atoms with van der Waals surface area (Å²) in [6.07, 6.45) is 7.50. The Bertz CT molecular complexity index is 814. The molecule has 1 aliphatic heterocycles. The average Bonchev–Trinajstić information content (AvgIpc) is 3.69. The van der Waals surface area contributed by atoms with Crippen LogP contribution in [0.3, 0.4) is 0 Å². The summed E-state index contributed by atoms with van der Waals surface area (Å²) in [6.45, 7) is 4.98. The minimum absolute atomic E-state index is 0.0199. The van der Waals surface area contributed by atoms with Crippen LogP contribution in [0, 0.1) is 0 Å². The van der Waals surface area contributed by atoms with Crippen LogP contribution in [0.4, 0.5) is 0 Å². The van der Waals surface area contributed by atoms with Crippen molar-refractivity contribution in [3.63, 3.8) is 0 Å². The van der Waals surface area contributed by atoms with Crippen LogP contribution < -0.4 is 4.74 Å². The van der Waals surface area contributed by atoms with E-state index in [9.17, 15) is 4.79 Å². The van der Waals surface area contributed by atoms with Crippen molar-refractivity contribution in [2.45, 2.75) is 58.2 Å². The van der Waals surface area contributed by atoms with E-state index in [-0.39, 0.29) is 18.9 Å². The number of carbonyl (C=O) groups excluding carboxylic acids is 1. The van der Waals surface area contributed by atoms with Gasteiger partial charge >= 0.3 is 5.97 Å². The maximum absolute atomic E-state index is 11.3. The summed E-state index contributed by atoms with van der Waals surface area (Å²) in [5.74, 6) is 0.613. The number of benzene rings is 2. The predicted molar refractivity (Wildman–Crippen MR) is 132 cm³/mol. The van der Waals surface area contributed by atoms with Gasteiger partial charge in [-0.05, 0) is 55.0 Å². The molecule has 6 nitrogen and oxygen atoms in total. The molecule has 2 aromatic rings. The molecule has 1 unspecified atom stereocenters. The van der Waals surface area contributed by atoms with Gasteiger partial charge in [-0.3, -0.25) is 0 Å². The van der Waals surface area contributed by atoms with E-state index in [1.807, 2.05) is 19.1 Å². The maximum atomic E-state index is 11.3. The third-order valence-electron chi connectivity index (χ3n) is 5.60. The molecular formula is C28H38O6. The summed E-state index contributed by atoms with van der Waals surface area (Å²) in [4.78, 5) is 11.3. The number of carbonyl (C=O) groups is 1. The lowest BCUT2D eigenvalue weighted by Gasteiger charge is -2.08. The van der Waals surface area contributed by atoms with Crippen molar-refractivity contribution in [3.8, 4) is 16.9 Å². The molecule has 6 heteroatoms. The van der Waals surface area contributed by atoms with Gasteiger partial charge in [0.15, 0.2) is 6.29 Å². The molecule has 1 atom stereocenters. The Balaban J connectivity index is 1.24. The van der Waals surface area contributed by atoms with E-state index in [0.29, 0.717) is 26.4 Å².